The number of aryl methyl sites for hydroxylation is 1. The molecule has 3 aromatic rings. The van der Waals surface area contributed by atoms with E-state index in [9.17, 15) is 4.39 Å². The van der Waals surface area contributed by atoms with Gasteiger partial charge in [0.1, 0.15) is 11.6 Å². The Morgan fingerprint density at radius 2 is 2.04 bits per heavy atom. The Hall–Kier alpha value is -2.33. The molecule has 0 saturated carbocycles. The quantitative estimate of drug-likeness (QED) is 0.754. The molecule has 0 spiro atoms. The number of fused-ring (bicyclic) bond motifs is 3. The fourth-order valence-electron chi connectivity index (χ4n) is 3.55. The lowest BCUT2D eigenvalue weighted by atomic mass is 9.93. The van der Waals surface area contributed by atoms with Gasteiger partial charge in [-0.15, -0.1) is 0 Å². The maximum atomic E-state index is 13.8. The number of aromatic amines is 1. The van der Waals surface area contributed by atoms with E-state index in [1.165, 1.54) is 10.9 Å². The Labute approximate surface area is 134 Å². The van der Waals surface area contributed by atoms with Gasteiger partial charge in [-0.2, -0.15) is 0 Å². The van der Waals surface area contributed by atoms with Crippen molar-refractivity contribution in [1.29, 1.82) is 0 Å². The fourth-order valence-corrected chi connectivity index (χ4v) is 3.55. The highest BCUT2D eigenvalue weighted by Gasteiger charge is 2.25. The minimum Gasteiger partial charge on any atom is -0.497 e. The molecule has 1 aromatic heterocycles. The van der Waals surface area contributed by atoms with Crippen molar-refractivity contribution in [2.75, 3.05) is 13.7 Å². The number of hydrogen-bond donors (Lipinski definition) is 2. The summed E-state index contributed by atoms with van der Waals surface area (Å²) in [5.74, 6) is 0.669. The maximum absolute atomic E-state index is 13.8. The Bertz CT molecular complexity index is 864. The van der Waals surface area contributed by atoms with Crippen LogP contribution in [0, 0.1) is 12.7 Å². The first kappa shape index (κ1) is 14.3. The van der Waals surface area contributed by atoms with Crippen molar-refractivity contribution in [3.63, 3.8) is 0 Å². The number of rotatable bonds is 2. The molecule has 4 heteroatoms. The predicted molar refractivity (Wildman–Crippen MR) is 89.5 cm³/mol. The minimum absolute atomic E-state index is 0.00783. The average molecular weight is 310 g/mol. The zero-order valence-corrected chi connectivity index (χ0v) is 13.2. The van der Waals surface area contributed by atoms with Gasteiger partial charge in [-0.05, 0) is 60.4 Å². The van der Waals surface area contributed by atoms with Crippen molar-refractivity contribution in [3.8, 4) is 5.75 Å². The number of H-pyrrole nitrogens is 1. The molecule has 1 aliphatic rings. The molecule has 0 saturated heterocycles. The number of methoxy groups -OCH3 is 1. The van der Waals surface area contributed by atoms with E-state index >= 15 is 0 Å². The van der Waals surface area contributed by atoms with Gasteiger partial charge in [0, 0.05) is 23.1 Å². The molecule has 1 atom stereocenters. The molecular formula is C19H19FN2O. The number of aromatic nitrogens is 1. The van der Waals surface area contributed by atoms with Crippen LogP contribution in [0.3, 0.4) is 0 Å². The second kappa shape index (κ2) is 5.39. The first-order valence-corrected chi connectivity index (χ1v) is 7.84. The van der Waals surface area contributed by atoms with Crippen LogP contribution in [0.25, 0.3) is 10.9 Å². The lowest BCUT2D eigenvalue weighted by molar-refractivity contribution is 0.415. The van der Waals surface area contributed by atoms with E-state index in [1.54, 1.807) is 19.2 Å². The van der Waals surface area contributed by atoms with Gasteiger partial charge in [-0.25, -0.2) is 4.39 Å². The van der Waals surface area contributed by atoms with Crippen molar-refractivity contribution in [2.24, 2.45) is 0 Å². The van der Waals surface area contributed by atoms with Crippen molar-refractivity contribution < 1.29 is 9.13 Å². The highest BCUT2D eigenvalue weighted by atomic mass is 19.1. The third-order valence-electron chi connectivity index (χ3n) is 4.56. The van der Waals surface area contributed by atoms with Gasteiger partial charge in [-0.3, -0.25) is 0 Å². The summed E-state index contributed by atoms with van der Waals surface area (Å²) < 4.78 is 19.2. The molecule has 1 unspecified atom stereocenters. The van der Waals surface area contributed by atoms with E-state index in [2.05, 4.69) is 16.4 Å². The summed E-state index contributed by atoms with van der Waals surface area (Å²) in [6, 6.07) is 11.3. The fraction of sp³-hybridized carbons (Fsp3) is 0.263. The zero-order valence-electron chi connectivity index (χ0n) is 13.2. The van der Waals surface area contributed by atoms with Gasteiger partial charge in [0.15, 0.2) is 0 Å². The Morgan fingerprint density at radius 1 is 1.17 bits per heavy atom. The molecule has 4 rings (SSSR count). The van der Waals surface area contributed by atoms with Gasteiger partial charge in [0.05, 0.1) is 13.2 Å². The van der Waals surface area contributed by atoms with Crippen molar-refractivity contribution in [1.82, 2.24) is 10.3 Å². The number of benzene rings is 2. The summed E-state index contributed by atoms with van der Waals surface area (Å²) >= 11 is 0. The molecule has 118 valence electrons. The highest BCUT2D eigenvalue weighted by molar-refractivity contribution is 5.86. The molecule has 1 aliphatic heterocycles. The van der Waals surface area contributed by atoms with Crippen LogP contribution in [0.2, 0.25) is 0 Å². The standard InChI is InChI=1S/C19H19FN2O/c1-11-7-12(9-13(20)8-11)18-19-15(5-6-21-18)16-10-14(23-2)3-4-17(16)22-19/h3-4,7-10,18,21-22H,5-6H2,1-2H3. The van der Waals surface area contributed by atoms with Crippen LogP contribution in [0.5, 0.6) is 5.75 Å². The highest BCUT2D eigenvalue weighted by Crippen LogP contribution is 2.35. The molecule has 0 aliphatic carbocycles. The molecule has 0 bridgehead atoms. The summed E-state index contributed by atoms with van der Waals surface area (Å²) in [6.07, 6.45) is 0.952. The molecule has 0 fully saturated rings. The molecule has 0 radical (unpaired) electrons. The van der Waals surface area contributed by atoms with Crippen LogP contribution < -0.4 is 10.1 Å². The van der Waals surface area contributed by atoms with Crippen LogP contribution in [0.4, 0.5) is 4.39 Å². The lowest BCUT2D eigenvalue weighted by Crippen LogP contribution is -2.30. The second-order valence-corrected chi connectivity index (χ2v) is 6.13. The van der Waals surface area contributed by atoms with Crippen molar-refractivity contribution in [2.45, 2.75) is 19.4 Å². The summed E-state index contributed by atoms with van der Waals surface area (Å²) in [6.45, 7) is 2.80. The van der Waals surface area contributed by atoms with Gasteiger partial charge >= 0.3 is 0 Å². The van der Waals surface area contributed by atoms with E-state index in [-0.39, 0.29) is 11.9 Å². The van der Waals surface area contributed by atoms with E-state index < -0.39 is 0 Å². The van der Waals surface area contributed by atoms with Crippen LogP contribution in [0.15, 0.2) is 36.4 Å². The molecular weight excluding hydrogens is 291 g/mol. The largest absolute Gasteiger partial charge is 0.497 e. The molecule has 3 nitrogen and oxygen atoms in total. The summed E-state index contributed by atoms with van der Waals surface area (Å²) in [5.41, 5.74) is 5.42. The second-order valence-electron chi connectivity index (χ2n) is 6.13. The third kappa shape index (κ3) is 2.39. The van der Waals surface area contributed by atoms with Crippen LogP contribution in [-0.4, -0.2) is 18.6 Å². The Balaban J connectivity index is 1.88. The first-order valence-electron chi connectivity index (χ1n) is 7.84. The van der Waals surface area contributed by atoms with Gasteiger partial charge < -0.3 is 15.0 Å². The summed E-state index contributed by atoms with van der Waals surface area (Å²) in [5, 5.41) is 4.70. The van der Waals surface area contributed by atoms with Gasteiger partial charge in [0.25, 0.3) is 0 Å². The maximum Gasteiger partial charge on any atom is 0.123 e. The SMILES string of the molecule is COc1ccc2[nH]c3c(c2c1)CCNC3c1cc(C)cc(F)c1. The van der Waals surface area contributed by atoms with Crippen LogP contribution in [-0.2, 0) is 6.42 Å². The number of hydrogen-bond acceptors (Lipinski definition) is 2. The molecule has 2 heterocycles. The van der Waals surface area contributed by atoms with E-state index in [0.29, 0.717) is 0 Å². The van der Waals surface area contributed by atoms with Gasteiger partial charge in [-0.1, -0.05) is 6.07 Å². The monoisotopic (exact) mass is 310 g/mol. The summed E-state index contributed by atoms with van der Waals surface area (Å²) in [4.78, 5) is 3.51. The van der Waals surface area contributed by atoms with Crippen molar-refractivity contribution in [3.05, 3.63) is 64.6 Å². The molecule has 2 N–H and O–H groups in total. The minimum atomic E-state index is -0.188. The van der Waals surface area contributed by atoms with Crippen molar-refractivity contribution >= 4 is 10.9 Å². The predicted octanol–water partition coefficient (Wildman–Crippen LogP) is 3.86. The summed E-state index contributed by atoms with van der Waals surface area (Å²) in [7, 11) is 1.68. The zero-order chi connectivity index (χ0) is 16.0. The topological polar surface area (TPSA) is 37.0 Å². The normalized spacial score (nSPS) is 17.3. The number of nitrogens with one attached hydrogen (secondary N) is 2. The smallest absolute Gasteiger partial charge is 0.123 e. The van der Waals surface area contributed by atoms with E-state index in [1.807, 2.05) is 25.1 Å². The average Bonchev–Trinajstić information content (AvgIpc) is 2.91. The third-order valence-corrected chi connectivity index (χ3v) is 4.56. The molecule has 2 aromatic carbocycles. The van der Waals surface area contributed by atoms with E-state index in [4.69, 9.17) is 4.74 Å². The Kier molecular flexibility index (Phi) is 3.34. The van der Waals surface area contributed by atoms with Gasteiger partial charge in [0.2, 0.25) is 0 Å². The molecule has 0 amide bonds. The molecule has 23 heavy (non-hydrogen) atoms. The lowest BCUT2D eigenvalue weighted by Gasteiger charge is -2.25. The number of ether oxygens (including phenoxy) is 1. The first-order chi connectivity index (χ1) is 11.2. The Morgan fingerprint density at radius 3 is 2.83 bits per heavy atom. The number of halogens is 1. The van der Waals surface area contributed by atoms with Crippen LogP contribution in [0.1, 0.15) is 28.4 Å². The van der Waals surface area contributed by atoms with Crippen LogP contribution >= 0.6 is 0 Å². The van der Waals surface area contributed by atoms with E-state index in [0.717, 1.165) is 41.1 Å².